The van der Waals surface area contributed by atoms with Crippen molar-refractivity contribution >= 4 is 5.78 Å². The average Bonchev–Trinajstić information content (AvgIpc) is 3.21. The molecule has 1 atom stereocenters. The van der Waals surface area contributed by atoms with E-state index in [2.05, 4.69) is 20.0 Å². The maximum absolute atomic E-state index is 13.5. The predicted molar refractivity (Wildman–Crippen MR) is 103 cm³/mol. The van der Waals surface area contributed by atoms with Gasteiger partial charge >= 0.3 is 0 Å². The van der Waals surface area contributed by atoms with Gasteiger partial charge in [-0.3, -0.25) is 4.90 Å². The van der Waals surface area contributed by atoms with Gasteiger partial charge < -0.3 is 9.47 Å². The Morgan fingerprint density at radius 3 is 2.86 bits per heavy atom. The molecule has 0 bridgehead atoms. The minimum absolute atomic E-state index is 0.0551. The highest BCUT2D eigenvalue weighted by Crippen LogP contribution is 2.34. The Balaban J connectivity index is 1.57. The number of hydrogen-bond donors (Lipinski definition) is 0. The van der Waals surface area contributed by atoms with E-state index in [0.717, 1.165) is 41.8 Å². The molecule has 3 heterocycles. The van der Waals surface area contributed by atoms with Crippen LogP contribution in [0.1, 0.15) is 42.1 Å². The van der Waals surface area contributed by atoms with Gasteiger partial charge in [0.05, 0.1) is 19.9 Å². The first-order valence-corrected chi connectivity index (χ1v) is 9.51. The van der Waals surface area contributed by atoms with Gasteiger partial charge in [-0.2, -0.15) is 14.6 Å². The van der Waals surface area contributed by atoms with Crippen LogP contribution >= 0.6 is 0 Å². The molecular weight excluding hydrogens is 380 g/mol. The molecule has 9 heteroatoms. The van der Waals surface area contributed by atoms with Crippen molar-refractivity contribution in [2.75, 3.05) is 27.3 Å². The van der Waals surface area contributed by atoms with E-state index >= 15 is 0 Å². The number of nitrogens with zero attached hydrogens (tertiary/aromatic N) is 5. The summed E-state index contributed by atoms with van der Waals surface area (Å²) in [5, 5.41) is 3.86. The van der Waals surface area contributed by atoms with Crippen molar-refractivity contribution in [3.63, 3.8) is 0 Å². The van der Waals surface area contributed by atoms with Gasteiger partial charge in [0.25, 0.3) is 12.2 Å². The lowest BCUT2D eigenvalue weighted by Gasteiger charge is -2.33. The van der Waals surface area contributed by atoms with Crippen molar-refractivity contribution in [3.8, 4) is 11.5 Å². The molecule has 0 spiro atoms. The summed E-state index contributed by atoms with van der Waals surface area (Å²) in [5.74, 6) is 1.68. The lowest BCUT2D eigenvalue weighted by molar-refractivity contribution is 0.142. The summed E-state index contributed by atoms with van der Waals surface area (Å²) >= 11 is 0. The summed E-state index contributed by atoms with van der Waals surface area (Å²) in [7, 11) is 3.25. The Labute approximate surface area is 167 Å². The SMILES string of the molecule is COc1cccc(CN2CCC[C@H](c3cc(C(F)F)n4ncnc4n3)C2)c1OC. The molecular formula is C20H23F2N5O2. The molecule has 0 N–H and O–H groups in total. The fourth-order valence-electron chi connectivity index (χ4n) is 3.98. The van der Waals surface area contributed by atoms with Crippen LogP contribution in [0.4, 0.5) is 8.78 Å². The summed E-state index contributed by atoms with van der Waals surface area (Å²) in [5.41, 5.74) is 1.50. The molecule has 7 nitrogen and oxygen atoms in total. The zero-order valence-corrected chi connectivity index (χ0v) is 16.4. The van der Waals surface area contributed by atoms with Gasteiger partial charge in [-0.05, 0) is 31.5 Å². The van der Waals surface area contributed by atoms with E-state index in [4.69, 9.17) is 9.47 Å². The van der Waals surface area contributed by atoms with Gasteiger partial charge in [0.15, 0.2) is 11.5 Å². The number of para-hydroxylation sites is 1. The molecule has 2 aromatic heterocycles. The first-order chi connectivity index (χ1) is 14.1. The maximum atomic E-state index is 13.5. The number of hydrogen-bond acceptors (Lipinski definition) is 6. The van der Waals surface area contributed by atoms with E-state index in [0.29, 0.717) is 18.0 Å². The third kappa shape index (κ3) is 3.87. The molecule has 1 aliphatic heterocycles. The second kappa shape index (κ2) is 8.28. The molecule has 1 aliphatic rings. The van der Waals surface area contributed by atoms with Gasteiger partial charge in [0.2, 0.25) is 0 Å². The molecule has 0 aliphatic carbocycles. The maximum Gasteiger partial charge on any atom is 0.280 e. The molecule has 0 unspecified atom stereocenters. The van der Waals surface area contributed by atoms with Gasteiger partial charge in [-0.15, -0.1) is 0 Å². The second-order valence-electron chi connectivity index (χ2n) is 7.11. The number of likely N-dealkylation sites (tertiary alicyclic amines) is 1. The van der Waals surface area contributed by atoms with Crippen LogP contribution in [0.2, 0.25) is 0 Å². The normalized spacial score (nSPS) is 17.8. The van der Waals surface area contributed by atoms with Crippen LogP contribution in [0.15, 0.2) is 30.6 Å². The van der Waals surface area contributed by atoms with Crippen LogP contribution in [0.25, 0.3) is 5.78 Å². The van der Waals surface area contributed by atoms with E-state index in [1.54, 1.807) is 14.2 Å². The van der Waals surface area contributed by atoms with E-state index < -0.39 is 6.43 Å². The molecule has 29 heavy (non-hydrogen) atoms. The standard InChI is InChI=1S/C20H23F2N5O2/c1-28-17-7-3-5-14(18(17)29-2)11-26-8-4-6-13(10-26)15-9-16(19(21)22)27-20(25-15)23-12-24-27/h3,5,7,9,12-13,19H,4,6,8,10-11H2,1-2H3/t13-/m0/s1. The highest BCUT2D eigenvalue weighted by Gasteiger charge is 2.26. The molecule has 1 saturated heterocycles. The third-order valence-corrected chi connectivity index (χ3v) is 5.33. The lowest BCUT2D eigenvalue weighted by atomic mass is 9.93. The number of benzene rings is 1. The molecule has 1 fully saturated rings. The molecule has 0 amide bonds. The number of piperidine rings is 1. The number of fused-ring (bicyclic) bond motifs is 1. The van der Waals surface area contributed by atoms with Crippen LogP contribution in [-0.4, -0.2) is 51.8 Å². The first-order valence-electron chi connectivity index (χ1n) is 9.51. The fraction of sp³-hybridized carbons (Fsp3) is 0.450. The van der Waals surface area contributed by atoms with Crippen molar-refractivity contribution in [2.24, 2.45) is 0 Å². The van der Waals surface area contributed by atoms with Gasteiger partial charge in [-0.1, -0.05) is 12.1 Å². The Kier molecular flexibility index (Phi) is 5.57. The second-order valence-corrected chi connectivity index (χ2v) is 7.11. The topological polar surface area (TPSA) is 64.8 Å². The summed E-state index contributed by atoms with van der Waals surface area (Å²) < 4.78 is 39.0. The van der Waals surface area contributed by atoms with Crippen LogP contribution < -0.4 is 9.47 Å². The summed E-state index contributed by atoms with van der Waals surface area (Å²) in [6, 6.07) is 7.28. The fourth-order valence-corrected chi connectivity index (χ4v) is 3.98. The lowest BCUT2D eigenvalue weighted by Crippen LogP contribution is -2.34. The van der Waals surface area contributed by atoms with Crippen molar-refractivity contribution in [3.05, 3.63) is 47.5 Å². The number of ether oxygens (including phenoxy) is 2. The number of alkyl halides is 2. The van der Waals surface area contributed by atoms with Crippen LogP contribution in [0.5, 0.6) is 11.5 Å². The van der Waals surface area contributed by atoms with Crippen molar-refractivity contribution in [1.82, 2.24) is 24.5 Å². The molecule has 0 radical (unpaired) electrons. The molecule has 0 saturated carbocycles. The van der Waals surface area contributed by atoms with E-state index in [9.17, 15) is 8.78 Å². The number of methoxy groups -OCH3 is 2. The van der Waals surface area contributed by atoms with E-state index in [-0.39, 0.29) is 17.4 Å². The first kappa shape index (κ1) is 19.5. The largest absolute Gasteiger partial charge is 0.493 e. The quantitative estimate of drug-likeness (QED) is 0.628. The average molecular weight is 403 g/mol. The molecule has 1 aromatic carbocycles. The smallest absolute Gasteiger partial charge is 0.280 e. The zero-order chi connectivity index (χ0) is 20.4. The predicted octanol–water partition coefficient (Wildman–Crippen LogP) is 3.46. The number of aromatic nitrogens is 4. The number of rotatable bonds is 6. The highest BCUT2D eigenvalue weighted by atomic mass is 19.3. The van der Waals surface area contributed by atoms with Crippen LogP contribution in [-0.2, 0) is 6.54 Å². The van der Waals surface area contributed by atoms with E-state index in [1.807, 2.05) is 18.2 Å². The molecule has 154 valence electrons. The summed E-state index contributed by atoms with van der Waals surface area (Å²) in [6.07, 6.45) is 0.466. The van der Waals surface area contributed by atoms with Gasteiger partial charge in [0, 0.05) is 24.6 Å². The van der Waals surface area contributed by atoms with E-state index in [1.165, 1.54) is 12.4 Å². The van der Waals surface area contributed by atoms with Crippen LogP contribution in [0, 0.1) is 0 Å². The Hall–Kier alpha value is -2.81. The van der Waals surface area contributed by atoms with Crippen LogP contribution in [0.3, 0.4) is 0 Å². The number of halogens is 2. The van der Waals surface area contributed by atoms with Gasteiger partial charge in [-0.25, -0.2) is 13.8 Å². The Morgan fingerprint density at radius 1 is 1.24 bits per heavy atom. The van der Waals surface area contributed by atoms with Crippen molar-refractivity contribution in [1.29, 1.82) is 0 Å². The highest BCUT2D eigenvalue weighted by molar-refractivity contribution is 5.46. The molecule has 3 aromatic rings. The Morgan fingerprint density at radius 2 is 2.10 bits per heavy atom. The zero-order valence-electron chi connectivity index (χ0n) is 16.4. The van der Waals surface area contributed by atoms with Crippen molar-refractivity contribution in [2.45, 2.75) is 31.7 Å². The summed E-state index contributed by atoms with van der Waals surface area (Å²) in [6.45, 7) is 2.33. The minimum atomic E-state index is -2.64. The Bertz CT molecular complexity index is 994. The monoisotopic (exact) mass is 403 g/mol. The third-order valence-electron chi connectivity index (χ3n) is 5.33. The van der Waals surface area contributed by atoms with Crippen molar-refractivity contribution < 1.29 is 18.3 Å². The molecule has 4 rings (SSSR count). The minimum Gasteiger partial charge on any atom is -0.493 e. The van der Waals surface area contributed by atoms with Gasteiger partial charge in [0.1, 0.15) is 12.0 Å². The summed E-state index contributed by atoms with van der Waals surface area (Å²) in [4.78, 5) is 10.8.